The molecule has 31 heavy (non-hydrogen) atoms. The Hall–Kier alpha value is -2.85. The summed E-state index contributed by atoms with van der Waals surface area (Å²) in [7, 11) is 0. The smallest absolute Gasteiger partial charge is 0.353 e. The molecule has 5 nitrogen and oxygen atoms in total. The molecule has 0 aliphatic carbocycles. The molecule has 1 aliphatic heterocycles. The molecule has 0 N–H and O–H groups in total. The van der Waals surface area contributed by atoms with Gasteiger partial charge in [-0.25, -0.2) is 9.97 Å². The van der Waals surface area contributed by atoms with Crippen LogP contribution >= 0.6 is 0 Å². The summed E-state index contributed by atoms with van der Waals surface area (Å²) in [5, 5.41) is 0. The third-order valence-corrected chi connectivity index (χ3v) is 5.18. The maximum absolute atomic E-state index is 13.1. The Balaban J connectivity index is 1.83. The lowest BCUT2D eigenvalue weighted by Crippen LogP contribution is -2.49. The summed E-state index contributed by atoms with van der Waals surface area (Å²) in [6.07, 6.45) is -10.0. The highest BCUT2D eigenvalue weighted by Crippen LogP contribution is 2.36. The molecule has 1 aliphatic rings. The number of anilines is 1. The van der Waals surface area contributed by atoms with Crippen LogP contribution in [0.5, 0.6) is 0 Å². The number of piperazine rings is 1. The quantitative estimate of drug-likeness (QED) is 0.642. The summed E-state index contributed by atoms with van der Waals surface area (Å²) in [4.78, 5) is 24.6. The molecule has 0 radical (unpaired) electrons. The van der Waals surface area contributed by atoms with E-state index in [1.165, 1.54) is 4.90 Å². The Bertz CT molecular complexity index is 962. The van der Waals surface area contributed by atoms with Crippen molar-refractivity contribution in [1.29, 1.82) is 0 Å². The number of hydrogen-bond acceptors (Lipinski definition) is 4. The lowest BCUT2D eigenvalue weighted by Gasteiger charge is -2.36. The van der Waals surface area contributed by atoms with Crippen LogP contribution in [0.2, 0.25) is 0 Å². The second kappa shape index (κ2) is 8.01. The van der Waals surface area contributed by atoms with Gasteiger partial charge in [0.15, 0.2) is 0 Å². The number of carbonyl (C=O) groups excluding carboxylic acids is 1. The Morgan fingerprint density at radius 2 is 1.35 bits per heavy atom. The molecular weight excluding hydrogens is 426 g/mol. The Kier molecular flexibility index (Phi) is 5.90. The van der Waals surface area contributed by atoms with E-state index in [4.69, 9.17) is 0 Å². The number of alkyl halides is 6. The van der Waals surface area contributed by atoms with Crippen LogP contribution in [-0.2, 0) is 12.4 Å². The predicted octanol–water partition coefficient (Wildman–Crippen LogP) is 4.40. The lowest BCUT2D eigenvalue weighted by atomic mass is 10.0. The van der Waals surface area contributed by atoms with E-state index in [0.717, 1.165) is 11.3 Å². The number of rotatable bonds is 2. The van der Waals surface area contributed by atoms with Gasteiger partial charge in [0.1, 0.15) is 11.6 Å². The standard InChI is InChI=1S/C20H20F6N4O/c1-11-12(2)27-13(3)28-17(11)29-4-6-30(7-5-29)18(31)14-8-15(19(21,22)23)10-16(9-14)20(24,25)26/h8-10H,4-7H2,1-3H3. The fraction of sp³-hybridized carbons (Fsp3) is 0.450. The van der Waals surface area contributed by atoms with Crippen LogP contribution in [0.4, 0.5) is 32.2 Å². The summed E-state index contributed by atoms with van der Waals surface area (Å²) in [6, 6.07) is 0.938. The van der Waals surface area contributed by atoms with E-state index in [-0.39, 0.29) is 19.2 Å². The number of amides is 1. The van der Waals surface area contributed by atoms with Gasteiger partial charge in [-0.15, -0.1) is 0 Å². The first-order chi connectivity index (χ1) is 14.3. The van der Waals surface area contributed by atoms with Crippen LogP contribution in [-0.4, -0.2) is 47.0 Å². The zero-order chi connectivity index (χ0) is 23.1. The highest BCUT2D eigenvalue weighted by Gasteiger charge is 2.38. The Morgan fingerprint density at radius 3 is 1.84 bits per heavy atom. The van der Waals surface area contributed by atoms with Crippen molar-refractivity contribution >= 4 is 11.7 Å². The number of aromatic nitrogens is 2. The summed E-state index contributed by atoms with van der Waals surface area (Å²) >= 11 is 0. The minimum absolute atomic E-state index is 0.0112. The molecule has 168 valence electrons. The minimum Gasteiger partial charge on any atom is -0.353 e. The molecule has 1 aromatic heterocycles. The number of nitrogens with zero attached hydrogens (tertiary/aromatic N) is 4. The molecular formula is C20H20F6N4O. The maximum Gasteiger partial charge on any atom is 0.416 e. The molecule has 2 heterocycles. The van der Waals surface area contributed by atoms with Gasteiger partial charge < -0.3 is 9.80 Å². The topological polar surface area (TPSA) is 49.3 Å². The van der Waals surface area contributed by atoms with E-state index < -0.39 is 35.0 Å². The minimum atomic E-state index is -5.00. The van der Waals surface area contributed by atoms with Crippen molar-refractivity contribution in [2.45, 2.75) is 33.1 Å². The van der Waals surface area contributed by atoms with Crippen molar-refractivity contribution < 1.29 is 31.1 Å². The molecule has 0 saturated carbocycles. The zero-order valence-corrected chi connectivity index (χ0v) is 17.0. The zero-order valence-electron chi connectivity index (χ0n) is 17.0. The van der Waals surface area contributed by atoms with Crippen molar-refractivity contribution in [1.82, 2.24) is 14.9 Å². The SMILES string of the molecule is Cc1nc(C)c(C)c(N2CCN(C(=O)c3cc(C(F)(F)F)cc(C(F)(F)F)c3)CC2)n1. The van der Waals surface area contributed by atoms with E-state index in [0.29, 0.717) is 36.9 Å². The number of aryl methyl sites for hydroxylation is 2. The third-order valence-electron chi connectivity index (χ3n) is 5.18. The van der Waals surface area contributed by atoms with Crippen molar-refractivity contribution in [2.75, 3.05) is 31.1 Å². The molecule has 0 atom stereocenters. The van der Waals surface area contributed by atoms with Gasteiger partial charge in [0, 0.05) is 43.0 Å². The molecule has 1 saturated heterocycles. The van der Waals surface area contributed by atoms with Gasteiger partial charge in [-0.3, -0.25) is 4.79 Å². The van der Waals surface area contributed by atoms with Gasteiger partial charge in [-0.05, 0) is 39.0 Å². The molecule has 0 bridgehead atoms. The number of carbonyl (C=O) groups is 1. The van der Waals surface area contributed by atoms with Gasteiger partial charge in [-0.2, -0.15) is 26.3 Å². The van der Waals surface area contributed by atoms with Crippen LogP contribution in [0.1, 0.15) is 38.6 Å². The molecule has 2 aromatic rings. The van der Waals surface area contributed by atoms with Gasteiger partial charge >= 0.3 is 12.4 Å². The first kappa shape index (κ1) is 22.8. The van der Waals surface area contributed by atoms with Crippen LogP contribution in [0, 0.1) is 20.8 Å². The first-order valence-corrected chi connectivity index (χ1v) is 9.43. The van der Waals surface area contributed by atoms with Crippen LogP contribution in [0.15, 0.2) is 18.2 Å². The molecule has 1 aromatic carbocycles. The average Bonchev–Trinajstić information content (AvgIpc) is 2.68. The number of hydrogen-bond donors (Lipinski definition) is 0. The predicted molar refractivity (Wildman–Crippen MR) is 101 cm³/mol. The first-order valence-electron chi connectivity index (χ1n) is 9.43. The van der Waals surface area contributed by atoms with Crippen molar-refractivity contribution in [3.8, 4) is 0 Å². The summed E-state index contributed by atoms with van der Waals surface area (Å²) in [6.45, 7) is 6.42. The summed E-state index contributed by atoms with van der Waals surface area (Å²) in [5.74, 6) is 0.416. The van der Waals surface area contributed by atoms with Crippen LogP contribution < -0.4 is 4.90 Å². The fourth-order valence-corrected chi connectivity index (χ4v) is 3.44. The van der Waals surface area contributed by atoms with E-state index in [2.05, 4.69) is 9.97 Å². The lowest BCUT2D eigenvalue weighted by molar-refractivity contribution is -0.143. The van der Waals surface area contributed by atoms with Crippen molar-refractivity contribution in [3.63, 3.8) is 0 Å². The number of halogens is 6. The molecule has 11 heteroatoms. The largest absolute Gasteiger partial charge is 0.416 e. The fourth-order valence-electron chi connectivity index (χ4n) is 3.44. The molecule has 3 rings (SSSR count). The molecule has 1 amide bonds. The van der Waals surface area contributed by atoms with Gasteiger partial charge in [0.25, 0.3) is 5.91 Å². The van der Waals surface area contributed by atoms with Gasteiger partial charge in [0.2, 0.25) is 0 Å². The Labute approximate surface area is 174 Å². The number of benzene rings is 1. The highest BCUT2D eigenvalue weighted by molar-refractivity contribution is 5.95. The maximum atomic E-state index is 13.1. The van der Waals surface area contributed by atoms with Gasteiger partial charge in [0.05, 0.1) is 11.1 Å². The van der Waals surface area contributed by atoms with Crippen molar-refractivity contribution in [3.05, 3.63) is 52.0 Å². The normalized spacial score (nSPS) is 15.4. The summed E-state index contributed by atoms with van der Waals surface area (Å²) < 4.78 is 78.4. The van der Waals surface area contributed by atoms with E-state index in [1.54, 1.807) is 6.92 Å². The Morgan fingerprint density at radius 1 is 0.839 bits per heavy atom. The monoisotopic (exact) mass is 446 g/mol. The van der Waals surface area contributed by atoms with E-state index in [9.17, 15) is 31.1 Å². The second-order valence-electron chi connectivity index (χ2n) is 7.38. The summed E-state index contributed by atoms with van der Waals surface area (Å²) in [5.41, 5.74) is -1.97. The van der Waals surface area contributed by atoms with E-state index in [1.807, 2.05) is 18.7 Å². The molecule has 1 fully saturated rings. The van der Waals surface area contributed by atoms with Gasteiger partial charge in [-0.1, -0.05) is 0 Å². The highest BCUT2D eigenvalue weighted by atomic mass is 19.4. The molecule has 0 spiro atoms. The van der Waals surface area contributed by atoms with Crippen LogP contribution in [0.25, 0.3) is 0 Å². The second-order valence-corrected chi connectivity index (χ2v) is 7.38. The average molecular weight is 446 g/mol. The third kappa shape index (κ3) is 4.91. The van der Waals surface area contributed by atoms with Crippen LogP contribution in [0.3, 0.4) is 0 Å². The van der Waals surface area contributed by atoms with E-state index >= 15 is 0 Å². The molecule has 0 unspecified atom stereocenters. The van der Waals surface area contributed by atoms with Crippen molar-refractivity contribution in [2.24, 2.45) is 0 Å².